The van der Waals surface area contributed by atoms with Crippen molar-refractivity contribution in [3.8, 4) is 11.5 Å². The van der Waals surface area contributed by atoms with Gasteiger partial charge in [0.25, 0.3) is 5.91 Å². The van der Waals surface area contributed by atoms with Crippen LogP contribution < -0.4 is 14.4 Å². The molecule has 6 nitrogen and oxygen atoms in total. The van der Waals surface area contributed by atoms with Crippen LogP contribution in [-0.2, 0) is 14.3 Å². The number of rotatable bonds is 7. The summed E-state index contributed by atoms with van der Waals surface area (Å²) in [5.74, 6) is 0.503. The molecule has 0 saturated carbocycles. The van der Waals surface area contributed by atoms with E-state index in [9.17, 15) is 9.59 Å². The molecule has 0 N–H and O–H groups in total. The molecule has 30 heavy (non-hydrogen) atoms. The molecule has 1 heterocycles. The number of carbonyl (C=O) groups is 2. The summed E-state index contributed by atoms with van der Waals surface area (Å²) in [6.45, 7) is 5.75. The van der Waals surface area contributed by atoms with Crippen LogP contribution in [0.2, 0.25) is 0 Å². The Kier molecular flexibility index (Phi) is 6.37. The fraction of sp³-hybridized carbons (Fsp3) is 0.167. The van der Waals surface area contributed by atoms with Gasteiger partial charge in [-0.25, -0.2) is 4.79 Å². The van der Waals surface area contributed by atoms with Gasteiger partial charge in [-0.3, -0.25) is 9.69 Å². The third-order valence-electron chi connectivity index (χ3n) is 4.68. The number of esters is 1. The van der Waals surface area contributed by atoms with Crippen molar-refractivity contribution >= 4 is 23.6 Å². The molecule has 1 aliphatic heterocycles. The van der Waals surface area contributed by atoms with Crippen LogP contribution in [0, 0.1) is 0 Å². The molecule has 0 saturated heterocycles. The van der Waals surface area contributed by atoms with Crippen molar-refractivity contribution in [3.63, 3.8) is 0 Å². The van der Waals surface area contributed by atoms with Gasteiger partial charge in [0.1, 0.15) is 18.1 Å². The summed E-state index contributed by atoms with van der Waals surface area (Å²) in [7, 11) is 2.87. The van der Waals surface area contributed by atoms with Crippen LogP contribution in [0.5, 0.6) is 11.5 Å². The van der Waals surface area contributed by atoms with Gasteiger partial charge in [0.2, 0.25) is 0 Å². The Hall–Kier alpha value is -3.80. The van der Waals surface area contributed by atoms with E-state index in [1.54, 1.807) is 62.6 Å². The first kappa shape index (κ1) is 20.9. The Morgan fingerprint density at radius 2 is 1.67 bits per heavy atom. The molecule has 2 aromatic rings. The molecule has 2 aromatic carbocycles. The summed E-state index contributed by atoms with van der Waals surface area (Å²) in [6, 6.07) is 14.3. The number of methoxy groups -OCH3 is 2. The zero-order valence-electron chi connectivity index (χ0n) is 17.2. The van der Waals surface area contributed by atoms with Gasteiger partial charge in [-0.15, -0.1) is 0 Å². The quantitative estimate of drug-likeness (QED) is 0.394. The van der Waals surface area contributed by atoms with Gasteiger partial charge in [-0.1, -0.05) is 24.8 Å². The minimum Gasteiger partial charge on any atom is -0.497 e. The van der Waals surface area contributed by atoms with E-state index in [4.69, 9.17) is 14.2 Å². The predicted molar refractivity (Wildman–Crippen MR) is 115 cm³/mol. The van der Waals surface area contributed by atoms with Crippen molar-refractivity contribution in [2.24, 2.45) is 0 Å². The fourth-order valence-corrected chi connectivity index (χ4v) is 3.20. The topological polar surface area (TPSA) is 65.1 Å². The largest absolute Gasteiger partial charge is 0.497 e. The summed E-state index contributed by atoms with van der Waals surface area (Å²) in [4.78, 5) is 27.2. The highest BCUT2D eigenvalue weighted by atomic mass is 16.5. The van der Waals surface area contributed by atoms with Gasteiger partial charge in [0, 0.05) is 11.4 Å². The number of hydrogen-bond donors (Lipinski definition) is 0. The number of anilines is 1. The lowest BCUT2D eigenvalue weighted by atomic mass is 10.0. The summed E-state index contributed by atoms with van der Waals surface area (Å²) >= 11 is 0. The fourth-order valence-electron chi connectivity index (χ4n) is 3.20. The SMILES string of the molecule is C=CCOc1ccc(/C=C2\C(=O)N(c3ccc(OC)cc3)C(C)=C2C(=O)OC)cc1. The predicted octanol–water partition coefficient (Wildman–Crippen LogP) is 4.14. The molecule has 0 aliphatic carbocycles. The van der Waals surface area contributed by atoms with Crippen molar-refractivity contribution < 1.29 is 23.8 Å². The zero-order chi connectivity index (χ0) is 21.7. The lowest BCUT2D eigenvalue weighted by Gasteiger charge is -2.18. The molecule has 0 bridgehead atoms. The van der Waals surface area contributed by atoms with Crippen molar-refractivity contribution in [2.45, 2.75) is 6.92 Å². The smallest absolute Gasteiger partial charge is 0.340 e. The third-order valence-corrected chi connectivity index (χ3v) is 4.68. The van der Waals surface area contributed by atoms with Gasteiger partial charge in [-0.2, -0.15) is 0 Å². The van der Waals surface area contributed by atoms with Crippen LogP contribution in [0.15, 0.2) is 78.0 Å². The lowest BCUT2D eigenvalue weighted by molar-refractivity contribution is -0.136. The first-order valence-corrected chi connectivity index (χ1v) is 9.33. The molecular formula is C24H23NO5. The standard InChI is InChI=1S/C24H23NO5/c1-5-14-30-20-10-6-17(7-11-20)15-21-22(24(27)29-4)16(2)25(23(21)26)18-8-12-19(28-3)13-9-18/h5-13,15H,1,14H2,2-4H3/b21-15-. The average molecular weight is 405 g/mol. The van der Waals surface area contributed by atoms with E-state index in [1.807, 2.05) is 12.1 Å². The van der Waals surface area contributed by atoms with Gasteiger partial charge < -0.3 is 14.2 Å². The van der Waals surface area contributed by atoms with E-state index in [2.05, 4.69) is 6.58 Å². The van der Waals surface area contributed by atoms with Gasteiger partial charge >= 0.3 is 5.97 Å². The van der Waals surface area contributed by atoms with E-state index >= 15 is 0 Å². The lowest BCUT2D eigenvalue weighted by Crippen LogP contribution is -2.24. The highest BCUT2D eigenvalue weighted by Gasteiger charge is 2.37. The molecule has 6 heteroatoms. The second-order valence-corrected chi connectivity index (χ2v) is 6.52. The molecule has 0 atom stereocenters. The minimum absolute atomic E-state index is 0.241. The Bertz CT molecular complexity index is 1020. The maximum absolute atomic E-state index is 13.3. The van der Waals surface area contributed by atoms with E-state index < -0.39 is 5.97 Å². The van der Waals surface area contributed by atoms with Gasteiger partial charge in [0.05, 0.1) is 25.4 Å². The van der Waals surface area contributed by atoms with E-state index in [-0.39, 0.29) is 17.1 Å². The van der Waals surface area contributed by atoms with Crippen LogP contribution in [0.1, 0.15) is 12.5 Å². The van der Waals surface area contributed by atoms with E-state index in [1.165, 1.54) is 12.0 Å². The monoisotopic (exact) mass is 405 g/mol. The molecule has 0 unspecified atom stereocenters. The number of hydrogen-bond acceptors (Lipinski definition) is 5. The number of benzene rings is 2. The van der Waals surface area contributed by atoms with Crippen molar-refractivity contribution in [3.05, 3.63) is 83.6 Å². The number of carbonyl (C=O) groups excluding carboxylic acids is 2. The van der Waals surface area contributed by atoms with Crippen molar-refractivity contribution in [1.29, 1.82) is 0 Å². The summed E-state index contributed by atoms with van der Waals surface area (Å²) < 4.78 is 15.6. The first-order chi connectivity index (χ1) is 14.5. The molecule has 3 rings (SSSR count). The van der Waals surface area contributed by atoms with Crippen LogP contribution in [-0.4, -0.2) is 32.7 Å². The van der Waals surface area contributed by atoms with Crippen LogP contribution in [0.4, 0.5) is 5.69 Å². The molecule has 0 aromatic heterocycles. The van der Waals surface area contributed by atoms with Gasteiger partial charge in [-0.05, 0) is 55.0 Å². The van der Waals surface area contributed by atoms with Crippen LogP contribution in [0.3, 0.4) is 0 Å². The number of amides is 1. The molecule has 0 spiro atoms. The summed E-state index contributed by atoms with van der Waals surface area (Å²) in [5, 5.41) is 0. The van der Waals surface area contributed by atoms with E-state index in [0.29, 0.717) is 29.5 Å². The second-order valence-electron chi connectivity index (χ2n) is 6.52. The average Bonchev–Trinajstić information content (AvgIpc) is 3.02. The van der Waals surface area contributed by atoms with Crippen LogP contribution in [0.25, 0.3) is 6.08 Å². The van der Waals surface area contributed by atoms with Crippen LogP contribution >= 0.6 is 0 Å². The Labute approximate surface area is 175 Å². The normalized spacial score (nSPS) is 14.8. The summed E-state index contributed by atoms with van der Waals surface area (Å²) in [5.41, 5.74) is 2.42. The zero-order valence-corrected chi connectivity index (χ0v) is 17.2. The van der Waals surface area contributed by atoms with Crippen molar-refractivity contribution in [1.82, 2.24) is 0 Å². The Balaban J connectivity index is 2.00. The molecular weight excluding hydrogens is 382 g/mol. The highest BCUT2D eigenvalue weighted by molar-refractivity contribution is 6.23. The maximum Gasteiger partial charge on any atom is 0.340 e. The maximum atomic E-state index is 13.3. The molecule has 0 fully saturated rings. The van der Waals surface area contributed by atoms with E-state index in [0.717, 1.165) is 5.56 Å². The van der Waals surface area contributed by atoms with Crippen molar-refractivity contribution in [2.75, 3.05) is 25.7 Å². The second kappa shape index (κ2) is 9.13. The molecule has 1 amide bonds. The molecule has 0 radical (unpaired) electrons. The number of allylic oxidation sites excluding steroid dienone is 1. The molecule has 1 aliphatic rings. The highest BCUT2D eigenvalue weighted by Crippen LogP contribution is 2.36. The first-order valence-electron chi connectivity index (χ1n) is 9.33. The minimum atomic E-state index is -0.561. The number of ether oxygens (including phenoxy) is 3. The molecule has 154 valence electrons. The Morgan fingerprint density at radius 3 is 2.23 bits per heavy atom. The Morgan fingerprint density at radius 1 is 1.03 bits per heavy atom. The number of nitrogens with zero attached hydrogens (tertiary/aromatic N) is 1. The summed E-state index contributed by atoms with van der Waals surface area (Å²) in [6.07, 6.45) is 3.34. The third kappa shape index (κ3) is 4.12. The van der Waals surface area contributed by atoms with Gasteiger partial charge in [0.15, 0.2) is 0 Å².